The summed E-state index contributed by atoms with van der Waals surface area (Å²) in [4.78, 5) is 11.8. The highest BCUT2D eigenvalue weighted by Crippen LogP contribution is 2.11. The first-order valence-electron chi connectivity index (χ1n) is 5.66. The van der Waals surface area contributed by atoms with Crippen LogP contribution in [0.5, 0.6) is 0 Å². The predicted molar refractivity (Wildman–Crippen MR) is 73.1 cm³/mol. The average Bonchev–Trinajstić information content (AvgIpc) is 2.29. The highest BCUT2D eigenvalue weighted by Gasteiger charge is 2.12. The molecule has 0 heterocycles. The quantitative estimate of drug-likeness (QED) is 0.745. The van der Waals surface area contributed by atoms with Gasteiger partial charge >= 0.3 is 0 Å². The maximum Gasteiger partial charge on any atom is 0.175 e. The zero-order chi connectivity index (χ0) is 12.8. The Morgan fingerprint density at radius 2 is 1.94 bits per heavy atom. The molecule has 0 aliphatic heterocycles. The molecule has 2 unspecified atom stereocenters. The molecule has 4 heteroatoms. The normalized spacial score (nSPS) is 14.3. The summed E-state index contributed by atoms with van der Waals surface area (Å²) in [5.41, 5.74) is 0.576. The summed E-state index contributed by atoms with van der Waals surface area (Å²) in [5, 5.41) is 0.599. The second-order valence-electron chi connectivity index (χ2n) is 4.19. The summed E-state index contributed by atoms with van der Waals surface area (Å²) in [6.07, 6.45) is 0.987. The molecule has 17 heavy (non-hydrogen) atoms. The molecule has 0 radical (unpaired) electrons. The van der Waals surface area contributed by atoms with Crippen molar-refractivity contribution in [3.63, 3.8) is 0 Å². The summed E-state index contributed by atoms with van der Waals surface area (Å²) in [6.45, 7) is 4.10. The molecule has 2 atom stereocenters. The van der Waals surface area contributed by atoms with Crippen LogP contribution in [0.2, 0.25) is 5.02 Å². The van der Waals surface area contributed by atoms with Gasteiger partial charge in [0, 0.05) is 27.1 Å². The average molecular weight is 273 g/mol. The van der Waals surface area contributed by atoms with Gasteiger partial charge in [-0.15, -0.1) is 0 Å². The lowest BCUT2D eigenvalue weighted by Gasteiger charge is -2.07. The standard InChI is InChI=1S/C13H17ClO2S/c1-3-10(2)8-17(16)9-13(15)11-4-6-12(14)7-5-11/h4-7,10H,3,8-9H2,1-2H3. The van der Waals surface area contributed by atoms with E-state index in [9.17, 15) is 9.00 Å². The van der Waals surface area contributed by atoms with Crippen molar-refractivity contribution in [2.45, 2.75) is 20.3 Å². The summed E-state index contributed by atoms with van der Waals surface area (Å²) >= 11 is 5.74. The van der Waals surface area contributed by atoms with Gasteiger partial charge in [0.15, 0.2) is 5.78 Å². The molecule has 1 aromatic rings. The van der Waals surface area contributed by atoms with Gasteiger partial charge in [0.1, 0.15) is 0 Å². The number of carbonyl (C=O) groups excluding carboxylic acids is 1. The van der Waals surface area contributed by atoms with E-state index in [1.807, 2.05) is 6.92 Å². The fraction of sp³-hybridized carbons (Fsp3) is 0.462. The number of hydrogen-bond acceptors (Lipinski definition) is 2. The first kappa shape index (κ1) is 14.4. The van der Waals surface area contributed by atoms with E-state index in [4.69, 9.17) is 11.6 Å². The third-order valence-corrected chi connectivity index (χ3v) is 4.40. The molecule has 0 aliphatic rings. The van der Waals surface area contributed by atoms with Crippen LogP contribution < -0.4 is 0 Å². The Morgan fingerprint density at radius 1 is 1.35 bits per heavy atom. The molecule has 0 fully saturated rings. The molecule has 0 bridgehead atoms. The fourth-order valence-electron chi connectivity index (χ4n) is 1.36. The largest absolute Gasteiger partial charge is 0.293 e. The molecule has 94 valence electrons. The van der Waals surface area contributed by atoms with E-state index < -0.39 is 10.8 Å². The first-order chi connectivity index (χ1) is 8.02. The Morgan fingerprint density at radius 3 is 2.47 bits per heavy atom. The number of carbonyl (C=O) groups is 1. The van der Waals surface area contributed by atoms with E-state index >= 15 is 0 Å². The van der Waals surface area contributed by atoms with Gasteiger partial charge in [-0.25, -0.2) is 0 Å². The monoisotopic (exact) mass is 272 g/mol. The number of hydrogen-bond donors (Lipinski definition) is 0. The van der Waals surface area contributed by atoms with Crippen LogP contribution >= 0.6 is 11.6 Å². The van der Waals surface area contributed by atoms with E-state index in [1.54, 1.807) is 24.3 Å². The van der Waals surface area contributed by atoms with E-state index in [0.717, 1.165) is 6.42 Å². The van der Waals surface area contributed by atoms with Gasteiger partial charge in [0.05, 0.1) is 5.75 Å². The van der Waals surface area contributed by atoms with Crippen molar-refractivity contribution in [3.05, 3.63) is 34.9 Å². The topological polar surface area (TPSA) is 34.1 Å². The minimum atomic E-state index is -1.07. The molecule has 0 saturated carbocycles. The first-order valence-corrected chi connectivity index (χ1v) is 7.53. The number of Topliss-reactive ketones (excluding diaryl/α,β-unsaturated/α-hetero) is 1. The Balaban J connectivity index is 2.54. The van der Waals surface area contributed by atoms with Crippen LogP contribution in [0.25, 0.3) is 0 Å². The Kier molecular flexibility index (Phi) is 5.86. The highest BCUT2D eigenvalue weighted by atomic mass is 35.5. The van der Waals surface area contributed by atoms with Gasteiger partial charge in [-0.3, -0.25) is 9.00 Å². The lowest BCUT2D eigenvalue weighted by molar-refractivity contribution is 0.102. The summed E-state index contributed by atoms with van der Waals surface area (Å²) in [6, 6.07) is 6.69. The van der Waals surface area contributed by atoms with Crippen molar-refractivity contribution in [2.75, 3.05) is 11.5 Å². The number of ketones is 1. The van der Waals surface area contributed by atoms with Gasteiger partial charge in [-0.2, -0.15) is 0 Å². The molecule has 0 amide bonds. The van der Waals surface area contributed by atoms with Crippen LogP contribution in [0.3, 0.4) is 0 Å². The maximum absolute atomic E-state index is 11.8. The van der Waals surface area contributed by atoms with Gasteiger partial charge in [-0.1, -0.05) is 31.9 Å². The molecule has 1 rings (SSSR count). The van der Waals surface area contributed by atoms with Crippen molar-refractivity contribution >= 4 is 28.2 Å². The van der Waals surface area contributed by atoms with Crippen molar-refractivity contribution in [2.24, 2.45) is 5.92 Å². The minimum absolute atomic E-state index is 0.0803. The highest BCUT2D eigenvalue weighted by molar-refractivity contribution is 7.85. The Hall–Kier alpha value is -0.670. The van der Waals surface area contributed by atoms with Gasteiger partial charge < -0.3 is 0 Å². The number of halogens is 1. The zero-order valence-corrected chi connectivity index (χ0v) is 11.7. The van der Waals surface area contributed by atoms with Crippen molar-refractivity contribution in [1.82, 2.24) is 0 Å². The molecule has 2 nitrogen and oxygen atoms in total. The minimum Gasteiger partial charge on any atom is -0.293 e. The summed E-state index contributed by atoms with van der Waals surface area (Å²) < 4.78 is 11.7. The number of rotatable bonds is 6. The molecule has 0 aliphatic carbocycles. The molecule has 1 aromatic carbocycles. The lowest BCUT2D eigenvalue weighted by atomic mass is 10.1. The van der Waals surface area contributed by atoms with Gasteiger partial charge in [0.25, 0.3) is 0 Å². The SMILES string of the molecule is CCC(C)CS(=O)CC(=O)c1ccc(Cl)cc1. The van der Waals surface area contributed by atoms with Crippen molar-refractivity contribution in [1.29, 1.82) is 0 Å². The molecule has 0 aromatic heterocycles. The maximum atomic E-state index is 11.8. The molecule has 0 saturated heterocycles. The van der Waals surface area contributed by atoms with Crippen LogP contribution in [0.1, 0.15) is 30.6 Å². The predicted octanol–water partition coefficient (Wildman–Crippen LogP) is 3.32. The second kappa shape index (κ2) is 6.92. The zero-order valence-electron chi connectivity index (χ0n) is 10.1. The molecular formula is C13H17ClO2S. The van der Waals surface area contributed by atoms with Gasteiger partial charge in [-0.05, 0) is 30.2 Å². The van der Waals surface area contributed by atoms with E-state index in [2.05, 4.69) is 6.92 Å². The molecular weight excluding hydrogens is 256 g/mol. The number of benzene rings is 1. The smallest absolute Gasteiger partial charge is 0.175 e. The fourth-order valence-corrected chi connectivity index (χ4v) is 2.93. The van der Waals surface area contributed by atoms with Gasteiger partial charge in [0.2, 0.25) is 0 Å². The van der Waals surface area contributed by atoms with Crippen LogP contribution in [-0.4, -0.2) is 21.5 Å². The summed E-state index contributed by atoms with van der Waals surface area (Å²) in [5.74, 6) is 1.01. The Bertz CT molecular complexity index is 400. The molecule has 0 N–H and O–H groups in total. The van der Waals surface area contributed by atoms with Crippen LogP contribution in [-0.2, 0) is 10.8 Å². The van der Waals surface area contributed by atoms with E-state index in [-0.39, 0.29) is 11.5 Å². The summed E-state index contributed by atoms with van der Waals surface area (Å²) in [7, 11) is -1.07. The molecule has 0 spiro atoms. The van der Waals surface area contributed by atoms with Crippen LogP contribution in [0, 0.1) is 5.92 Å². The second-order valence-corrected chi connectivity index (χ2v) is 6.13. The Labute approximate surface area is 110 Å². The third kappa shape index (κ3) is 5.00. The van der Waals surface area contributed by atoms with Crippen LogP contribution in [0.4, 0.5) is 0 Å². The van der Waals surface area contributed by atoms with E-state index in [1.165, 1.54) is 0 Å². The van der Waals surface area contributed by atoms with E-state index in [0.29, 0.717) is 22.3 Å². The van der Waals surface area contributed by atoms with Crippen molar-refractivity contribution < 1.29 is 9.00 Å². The van der Waals surface area contributed by atoms with Crippen LogP contribution in [0.15, 0.2) is 24.3 Å². The lowest BCUT2D eigenvalue weighted by Crippen LogP contribution is -2.16. The third-order valence-electron chi connectivity index (χ3n) is 2.63. The van der Waals surface area contributed by atoms with Crippen molar-refractivity contribution in [3.8, 4) is 0 Å².